The van der Waals surface area contributed by atoms with Crippen LogP contribution in [0.3, 0.4) is 0 Å². The number of thiazole rings is 1. The molecular weight excluding hydrogens is 292 g/mol. The highest BCUT2D eigenvalue weighted by Crippen LogP contribution is 2.11. The van der Waals surface area contributed by atoms with Crippen molar-refractivity contribution in [1.82, 2.24) is 20.1 Å². The maximum atomic E-state index is 12.1. The summed E-state index contributed by atoms with van der Waals surface area (Å²) < 4.78 is 1.69. The molecule has 2 aromatic heterocycles. The molecule has 2 rings (SSSR count). The molecule has 0 bridgehead atoms. The van der Waals surface area contributed by atoms with Gasteiger partial charge in [0.2, 0.25) is 0 Å². The highest BCUT2D eigenvalue weighted by atomic mass is 32.1. The molecule has 0 saturated heterocycles. The summed E-state index contributed by atoms with van der Waals surface area (Å²) in [6.45, 7) is 2.38. The molecule has 2 N–H and O–H groups in total. The molecule has 0 saturated carbocycles. The van der Waals surface area contributed by atoms with E-state index >= 15 is 0 Å². The normalized spacial score (nSPS) is 10.6. The van der Waals surface area contributed by atoms with Gasteiger partial charge in [-0.1, -0.05) is 6.92 Å². The van der Waals surface area contributed by atoms with E-state index in [9.17, 15) is 9.59 Å². The van der Waals surface area contributed by atoms with Gasteiger partial charge in [0.15, 0.2) is 5.69 Å². The predicted octanol–water partition coefficient (Wildman–Crippen LogP) is 1.11. The van der Waals surface area contributed by atoms with E-state index in [1.54, 1.807) is 17.9 Å². The minimum Gasteiger partial charge on any atom is -0.476 e. The number of rotatable bonds is 6. The molecule has 112 valence electrons. The molecule has 2 aromatic rings. The van der Waals surface area contributed by atoms with Crippen LogP contribution >= 0.6 is 11.3 Å². The second-order valence-corrected chi connectivity index (χ2v) is 5.36. The molecule has 1 amide bonds. The number of carboxylic acid groups (broad SMARTS) is 1. The summed E-state index contributed by atoms with van der Waals surface area (Å²) in [7, 11) is 1.80. The van der Waals surface area contributed by atoms with Gasteiger partial charge in [0.1, 0.15) is 0 Å². The van der Waals surface area contributed by atoms with E-state index in [1.807, 2.05) is 6.92 Å². The molecule has 0 fully saturated rings. The zero-order valence-corrected chi connectivity index (χ0v) is 12.6. The van der Waals surface area contributed by atoms with Crippen LogP contribution in [-0.4, -0.2) is 38.3 Å². The van der Waals surface area contributed by atoms with Crippen molar-refractivity contribution in [3.63, 3.8) is 0 Å². The van der Waals surface area contributed by atoms with Crippen LogP contribution in [0.2, 0.25) is 0 Å². The average molecular weight is 308 g/mol. The quantitative estimate of drug-likeness (QED) is 0.833. The van der Waals surface area contributed by atoms with E-state index < -0.39 is 5.97 Å². The van der Waals surface area contributed by atoms with Crippen LogP contribution < -0.4 is 5.32 Å². The fourth-order valence-corrected chi connectivity index (χ4v) is 2.75. The van der Waals surface area contributed by atoms with Gasteiger partial charge in [-0.15, -0.1) is 11.3 Å². The lowest BCUT2D eigenvalue weighted by Gasteiger charge is -2.05. The van der Waals surface area contributed by atoms with Gasteiger partial charge in [0.05, 0.1) is 22.5 Å². The van der Waals surface area contributed by atoms with Gasteiger partial charge < -0.3 is 10.4 Å². The van der Waals surface area contributed by atoms with Crippen molar-refractivity contribution < 1.29 is 14.7 Å². The number of carboxylic acids is 1. The first-order valence-electron chi connectivity index (χ1n) is 6.49. The maximum Gasteiger partial charge on any atom is 0.355 e. The van der Waals surface area contributed by atoms with Crippen molar-refractivity contribution in [2.75, 3.05) is 6.54 Å². The SMILES string of the molecule is CCc1c(C(=O)NCCc2nc(C(=O)O)cs2)cnn1C. The van der Waals surface area contributed by atoms with Crippen molar-refractivity contribution in [3.05, 3.63) is 33.5 Å². The summed E-state index contributed by atoms with van der Waals surface area (Å²) >= 11 is 1.28. The maximum absolute atomic E-state index is 12.1. The summed E-state index contributed by atoms with van der Waals surface area (Å²) in [5.74, 6) is -1.21. The number of aryl methyl sites for hydroxylation is 1. The van der Waals surface area contributed by atoms with Gasteiger partial charge in [-0.3, -0.25) is 9.48 Å². The lowest BCUT2D eigenvalue weighted by molar-refractivity contribution is 0.0690. The molecule has 0 aliphatic rings. The van der Waals surface area contributed by atoms with Crippen LogP contribution in [0, 0.1) is 0 Å². The summed E-state index contributed by atoms with van der Waals surface area (Å²) in [5.41, 5.74) is 1.50. The molecule has 7 nitrogen and oxygen atoms in total. The number of carbonyl (C=O) groups is 2. The predicted molar refractivity (Wildman–Crippen MR) is 77.7 cm³/mol. The number of hydrogen-bond donors (Lipinski definition) is 2. The van der Waals surface area contributed by atoms with Crippen LogP contribution in [-0.2, 0) is 19.9 Å². The fourth-order valence-electron chi connectivity index (χ4n) is 1.97. The van der Waals surface area contributed by atoms with E-state index in [4.69, 9.17) is 5.11 Å². The Kier molecular flexibility index (Phi) is 4.69. The highest BCUT2D eigenvalue weighted by molar-refractivity contribution is 7.09. The van der Waals surface area contributed by atoms with Crippen molar-refractivity contribution in [2.24, 2.45) is 7.05 Å². The molecule has 0 radical (unpaired) electrons. The molecule has 0 aliphatic carbocycles. The van der Waals surface area contributed by atoms with Gasteiger partial charge in [-0.2, -0.15) is 5.10 Å². The summed E-state index contributed by atoms with van der Waals surface area (Å²) in [6.07, 6.45) is 2.79. The third-order valence-corrected chi connectivity index (χ3v) is 3.94. The summed E-state index contributed by atoms with van der Waals surface area (Å²) in [6, 6.07) is 0. The van der Waals surface area contributed by atoms with Crippen LogP contribution in [0.25, 0.3) is 0 Å². The lowest BCUT2D eigenvalue weighted by atomic mass is 10.2. The van der Waals surface area contributed by atoms with Crippen LogP contribution in [0.5, 0.6) is 0 Å². The van der Waals surface area contributed by atoms with Crippen molar-refractivity contribution in [1.29, 1.82) is 0 Å². The molecule has 0 aliphatic heterocycles. The fraction of sp³-hybridized carbons (Fsp3) is 0.385. The molecule has 0 atom stereocenters. The van der Waals surface area contributed by atoms with Crippen LogP contribution in [0.15, 0.2) is 11.6 Å². The minimum absolute atomic E-state index is 0.0434. The molecule has 8 heteroatoms. The van der Waals surface area contributed by atoms with Gasteiger partial charge in [-0.05, 0) is 6.42 Å². The zero-order chi connectivity index (χ0) is 15.4. The molecular formula is C13H16N4O3S. The van der Waals surface area contributed by atoms with Crippen LogP contribution in [0.4, 0.5) is 0 Å². The molecule has 21 heavy (non-hydrogen) atoms. The summed E-state index contributed by atoms with van der Waals surface area (Å²) in [4.78, 5) is 26.8. The number of amides is 1. The van der Waals surface area contributed by atoms with Crippen LogP contribution in [0.1, 0.15) is 38.5 Å². The standard InChI is InChI=1S/C13H16N4O3S/c1-3-10-8(6-15-17(10)2)12(18)14-5-4-11-16-9(7-21-11)13(19)20/h6-7H,3-5H2,1-2H3,(H,14,18)(H,19,20). The van der Waals surface area contributed by atoms with E-state index in [0.717, 1.165) is 12.1 Å². The first-order valence-corrected chi connectivity index (χ1v) is 7.37. The Balaban J connectivity index is 1.90. The Bertz CT molecular complexity index is 662. The second-order valence-electron chi connectivity index (χ2n) is 4.42. The number of nitrogens with one attached hydrogen (secondary N) is 1. The first-order chi connectivity index (χ1) is 10.0. The van der Waals surface area contributed by atoms with Gasteiger partial charge in [-0.25, -0.2) is 9.78 Å². The third kappa shape index (κ3) is 3.46. The highest BCUT2D eigenvalue weighted by Gasteiger charge is 2.14. The molecule has 0 aromatic carbocycles. The van der Waals surface area contributed by atoms with E-state index in [1.165, 1.54) is 16.7 Å². The van der Waals surface area contributed by atoms with Crippen molar-refractivity contribution in [2.45, 2.75) is 19.8 Å². The number of carbonyl (C=O) groups excluding carboxylic acids is 1. The molecule has 0 spiro atoms. The van der Waals surface area contributed by atoms with E-state index in [-0.39, 0.29) is 11.6 Å². The molecule has 2 heterocycles. The van der Waals surface area contributed by atoms with Crippen molar-refractivity contribution >= 4 is 23.2 Å². The number of nitrogens with zero attached hydrogens (tertiary/aromatic N) is 3. The Hall–Kier alpha value is -2.22. The monoisotopic (exact) mass is 308 g/mol. The number of hydrogen-bond acceptors (Lipinski definition) is 5. The number of aromatic nitrogens is 3. The zero-order valence-electron chi connectivity index (χ0n) is 11.8. The number of aromatic carboxylic acids is 1. The Morgan fingerprint density at radius 3 is 2.86 bits per heavy atom. The topological polar surface area (TPSA) is 97.1 Å². The Morgan fingerprint density at radius 2 is 2.24 bits per heavy atom. The van der Waals surface area contributed by atoms with Gasteiger partial charge >= 0.3 is 5.97 Å². The largest absolute Gasteiger partial charge is 0.476 e. The average Bonchev–Trinajstić information content (AvgIpc) is 3.05. The van der Waals surface area contributed by atoms with Crippen molar-refractivity contribution in [3.8, 4) is 0 Å². The third-order valence-electron chi connectivity index (χ3n) is 3.04. The minimum atomic E-state index is -1.04. The Morgan fingerprint density at radius 1 is 1.48 bits per heavy atom. The molecule has 0 unspecified atom stereocenters. The smallest absolute Gasteiger partial charge is 0.355 e. The first kappa shape index (κ1) is 15.2. The summed E-state index contributed by atoms with van der Waals surface area (Å²) in [5, 5.41) is 17.8. The van der Waals surface area contributed by atoms with E-state index in [2.05, 4.69) is 15.4 Å². The second kappa shape index (κ2) is 6.49. The Labute approximate surface area is 125 Å². The van der Waals surface area contributed by atoms with E-state index in [0.29, 0.717) is 23.5 Å². The van der Waals surface area contributed by atoms with Gasteiger partial charge in [0, 0.05) is 25.4 Å². The lowest BCUT2D eigenvalue weighted by Crippen LogP contribution is -2.26. The van der Waals surface area contributed by atoms with Gasteiger partial charge in [0.25, 0.3) is 5.91 Å².